The quantitative estimate of drug-likeness (QED) is 0.652. The summed E-state index contributed by atoms with van der Waals surface area (Å²) in [7, 11) is 0. The van der Waals surface area contributed by atoms with Gasteiger partial charge in [-0.3, -0.25) is 25.7 Å². The lowest BCUT2D eigenvalue weighted by molar-refractivity contribution is -0.393. The average Bonchev–Trinajstić information content (AvgIpc) is 3.23. The van der Waals surface area contributed by atoms with Crippen LogP contribution in [0.25, 0.3) is 0 Å². The third-order valence-electron chi connectivity index (χ3n) is 4.52. The Morgan fingerprint density at radius 1 is 0.958 bits per heavy atom. The summed E-state index contributed by atoms with van der Waals surface area (Å²) in [5, 5.41) is 26.3. The van der Waals surface area contributed by atoms with Crippen molar-refractivity contribution in [2.45, 2.75) is 44.9 Å². The normalized spacial score (nSPS) is 19.1. The molecule has 1 aromatic carbocycles. The molecule has 0 aromatic heterocycles. The molecule has 126 valence electrons. The van der Waals surface area contributed by atoms with E-state index in [9.17, 15) is 20.2 Å². The van der Waals surface area contributed by atoms with Crippen molar-refractivity contribution in [2.75, 3.05) is 5.43 Å². The molecule has 1 N–H and O–H groups in total. The molecule has 2 fully saturated rings. The van der Waals surface area contributed by atoms with Crippen molar-refractivity contribution in [1.82, 2.24) is 0 Å². The van der Waals surface area contributed by atoms with Crippen LogP contribution >= 0.6 is 0 Å². The second kappa shape index (κ2) is 6.77. The van der Waals surface area contributed by atoms with Gasteiger partial charge < -0.3 is 0 Å². The largest absolute Gasteiger partial charge is 0.301 e. The molecule has 2 saturated carbocycles. The van der Waals surface area contributed by atoms with Gasteiger partial charge in [0.25, 0.3) is 5.69 Å². The molecule has 0 atom stereocenters. The highest BCUT2D eigenvalue weighted by Crippen LogP contribution is 2.35. The number of rotatable bonds is 4. The van der Waals surface area contributed by atoms with E-state index >= 15 is 0 Å². The summed E-state index contributed by atoms with van der Waals surface area (Å²) < 4.78 is 0. The zero-order valence-electron chi connectivity index (χ0n) is 13.2. The summed E-state index contributed by atoms with van der Waals surface area (Å²) in [6.07, 6.45) is 7.57. The van der Waals surface area contributed by atoms with Gasteiger partial charge in [0, 0.05) is 6.07 Å². The standard InChI is InChI=1S/C16H18N4O4/c21-19(22)12-8-9-15(16(10-12)20(23)24)18-17-14-7-3-6-13(14)11-4-1-2-5-11/h8-10,18H,1-7H2/b17-14+. The number of benzene rings is 1. The highest BCUT2D eigenvalue weighted by atomic mass is 16.6. The van der Waals surface area contributed by atoms with Crippen LogP contribution in [0.15, 0.2) is 34.4 Å². The Balaban J connectivity index is 1.87. The SMILES string of the molecule is O=[N+]([O-])c1ccc(N/N=C2\CCCC2=C2CCCC2)c([N+](=O)[O-])c1. The second-order valence-electron chi connectivity index (χ2n) is 6.03. The van der Waals surface area contributed by atoms with E-state index < -0.39 is 9.85 Å². The van der Waals surface area contributed by atoms with E-state index in [-0.39, 0.29) is 17.1 Å². The van der Waals surface area contributed by atoms with Gasteiger partial charge in [-0.1, -0.05) is 5.57 Å². The first kappa shape index (κ1) is 16.1. The first-order chi connectivity index (χ1) is 11.6. The molecule has 24 heavy (non-hydrogen) atoms. The number of non-ortho nitro benzene ring substituents is 1. The van der Waals surface area contributed by atoms with Crippen molar-refractivity contribution < 1.29 is 9.85 Å². The van der Waals surface area contributed by atoms with E-state index in [1.807, 2.05) is 0 Å². The Morgan fingerprint density at radius 2 is 1.71 bits per heavy atom. The molecule has 0 bridgehead atoms. The molecule has 8 nitrogen and oxygen atoms in total. The van der Waals surface area contributed by atoms with Gasteiger partial charge in [-0.25, -0.2) is 0 Å². The zero-order valence-corrected chi connectivity index (χ0v) is 13.2. The van der Waals surface area contributed by atoms with Crippen molar-refractivity contribution in [3.05, 3.63) is 49.6 Å². The fraction of sp³-hybridized carbons (Fsp3) is 0.438. The Bertz CT molecular complexity index is 746. The first-order valence-corrected chi connectivity index (χ1v) is 8.03. The molecule has 0 saturated heterocycles. The Kier molecular flexibility index (Phi) is 4.54. The number of nitro benzene ring substituents is 2. The summed E-state index contributed by atoms with van der Waals surface area (Å²) in [5.41, 5.74) is 5.97. The molecule has 0 unspecified atom stereocenters. The number of hydrazone groups is 1. The van der Waals surface area contributed by atoms with Gasteiger partial charge in [0.1, 0.15) is 5.69 Å². The van der Waals surface area contributed by atoms with Gasteiger partial charge in [0.2, 0.25) is 0 Å². The number of nitrogens with one attached hydrogen (secondary N) is 1. The number of nitro groups is 2. The number of nitrogens with zero attached hydrogens (tertiary/aromatic N) is 3. The van der Waals surface area contributed by atoms with E-state index in [1.54, 1.807) is 0 Å². The molecular weight excluding hydrogens is 312 g/mol. The lowest BCUT2D eigenvalue weighted by Gasteiger charge is -2.07. The predicted octanol–water partition coefficient (Wildman–Crippen LogP) is 4.33. The maximum absolute atomic E-state index is 11.2. The molecule has 0 heterocycles. The van der Waals surface area contributed by atoms with E-state index in [0.29, 0.717) is 0 Å². The summed E-state index contributed by atoms with van der Waals surface area (Å²) in [6, 6.07) is 3.52. The van der Waals surface area contributed by atoms with Crippen LogP contribution in [0.2, 0.25) is 0 Å². The summed E-state index contributed by atoms with van der Waals surface area (Å²) >= 11 is 0. The Morgan fingerprint density at radius 3 is 2.38 bits per heavy atom. The molecular formula is C16H18N4O4. The van der Waals surface area contributed by atoms with Crippen LogP contribution in [0.4, 0.5) is 17.1 Å². The molecule has 2 aliphatic carbocycles. The molecule has 3 rings (SSSR count). The smallest absolute Gasteiger partial charge is 0.271 e. The minimum atomic E-state index is -0.651. The van der Waals surface area contributed by atoms with Gasteiger partial charge in [0.15, 0.2) is 0 Å². The van der Waals surface area contributed by atoms with Crippen molar-refractivity contribution in [2.24, 2.45) is 5.10 Å². The van der Waals surface area contributed by atoms with Crippen LogP contribution in [0.1, 0.15) is 44.9 Å². The number of allylic oxidation sites excluding steroid dienone is 2. The maximum Gasteiger partial charge on any atom is 0.301 e. The van der Waals surface area contributed by atoms with Crippen molar-refractivity contribution >= 4 is 22.8 Å². The molecule has 0 radical (unpaired) electrons. The Labute approximate surface area is 138 Å². The molecule has 0 aliphatic heterocycles. The van der Waals surface area contributed by atoms with E-state index in [2.05, 4.69) is 10.5 Å². The lowest BCUT2D eigenvalue weighted by atomic mass is 10.0. The van der Waals surface area contributed by atoms with E-state index in [4.69, 9.17) is 0 Å². The highest BCUT2D eigenvalue weighted by Gasteiger charge is 2.23. The van der Waals surface area contributed by atoms with E-state index in [1.165, 1.54) is 36.1 Å². The predicted molar refractivity (Wildman–Crippen MR) is 90.2 cm³/mol. The molecule has 2 aliphatic rings. The fourth-order valence-corrected chi connectivity index (χ4v) is 3.34. The third kappa shape index (κ3) is 3.27. The van der Waals surface area contributed by atoms with Gasteiger partial charge in [-0.2, -0.15) is 5.10 Å². The minimum absolute atomic E-state index is 0.167. The zero-order chi connectivity index (χ0) is 17.1. The van der Waals surface area contributed by atoms with Crippen LogP contribution in [0, 0.1) is 20.2 Å². The summed E-state index contributed by atoms with van der Waals surface area (Å²) in [4.78, 5) is 20.6. The first-order valence-electron chi connectivity index (χ1n) is 8.03. The second-order valence-corrected chi connectivity index (χ2v) is 6.03. The lowest BCUT2D eigenvalue weighted by Crippen LogP contribution is -2.03. The van der Waals surface area contributed by atoms with Crippen LogP contribution < -0.4 is 5.43 Å². The van der Waals surface area contributed by atoms with Gasteiger partial charge in [0.05, 0.1) is 21.6 Å². The number of anilines is 1. The van der Waals surface area contributed by atoms with Crippen LogP contribution in [0.5, 0.6) is 0 Å². The van der Waals surface area contributed by atoms with E-state index in [0.717, 1.165) is 43.9 Å². The summed E-state index contributed by atoms with van der Waals surface area (Å²) in [6.45, 7) is 0. The van der Waals surface area contributed by atoms with Crippen molar-refractivity contribution in [1.29, 1.82) is 0 Å². The molecule has 8 heteroatoms. The van der Waals surface area contributed by atoms with Crippen LogP contribution in [0.3, 0.4) is 0 Å². The topological polar surface area (TPSA) is 111 Å². The van der Waals surface area contributed by atoms with Crippen molar-refractivity contribution in [3.8, 4) is 0 Å². The van der Waals surface area contributed by atoms with Crippen molar-refractivity contribution in [3.63, 3.8) is 0 Å². The maximum atomic E-state index is 11.2. The number of hydrogen-bond acceptors (Lipinski definition) is 6. The Hall–Kier alpha value is -2.77. The summed E-state index contributed by atoms with van der Waals surface area (Å²) in [5.74, 6) is 0. The highest BCUT2D eigenvalue weighted by molar-refractivity contribution is 6.03. The van der Waals surface area contributed by atoms with Crippen LogP contribution in [-0.4, -0.2) is 15.6 Å². The number of hydrogen-bond donors (Lipinski definition) is 1. The minimum Gasteiger partial charge on any atom is -0.271 e. The fourth-order valence-electron chi connectivity index (χ4n) is 3.34. The van der Waals surface area contributed by atoms with Crippen LogP contribution in [-0.2, 0) is 0 Å². The van der Waals surface area contributed by atoms with Gasteiger partial charge in [-0.15, -0.1) is 0 Å². The molecule has 1 aromatic rings. The molecule has 0 amide bonds. The average molecular weight is 330 g/mol. The monoisotopic (exact) mass is 330 g/mol. The van der Waals surface area contributed by atoms with Gasteiger partial charge >= 0.3 is 5.69 Å². The molecule has 0 spiro atoms. The van der Waals surface area contributed by atoms with Gasteiger partial charge in [-0.05, 0) is 56.6 Å². The third-order valence-corrected chi connectivity index (χ3v) is 4.52.